The van der Waals surface area contributed by atoms with Crippen LogP contribution in [0.5, 0.6) is 0 Å². The molecule has 0 fully saturated rings. The molecular weight excluding hydrogens is 1330 g/mol. The molecule has 512 valence electrons. The molecule has 0 N–H and O–H groups in total. The van der Waals surface area contributed by atoms with Gasteiger partial charge in [0, 0.05) is 34.1 Å². The maximum absolute atomic E-state index is 2.73. The number of aryl methyl sites for hydroxylation is 1. The van der Waals surface area contributed by atoms with Gasteiger partial charge in [-0.25, -0.2) is 0 Å². The zero-order valence-corrected chi connectivity index (χ0v) is 61.1. The Hall–Kier alpha value is -14.1. The van der Waals surface area contributed by atoms with E-state index in [0.29, 0.717) is 0 Å². The number of benzene rings is 19. The second-order valence-corrected chi connectivity index (χ2v) is 30.4. The maximum Gasteiger partial charge on any atom is 0.248 e. The van der Waals surface area contributed by atoms with E-state index in [9.17, 15) is 0 Å². The van der Waals surface area contributed by atoms with Gasteiger partial charge in [-0.05, 0) is 256 Å². The third kappa shape index (κ3) is 9.67. The Kier molecular flexibility index (Phi) is 14.2. The van der Waals surface area contributed by atoms with Crippen molar-refractivity contribution in [2.24, 2.45) is 0 Å². The van der Waals surface area contributed by atoms with E-state index in [2.05, 4.69) is 411 Å². The number of nitrogens with zero attached hydrogens (tertiary/aromatic N) is 2. The molecule has 0 aliphatic carbocycles. The van der Waals surface area contributed by atoms with Crippen molar-refractivity contribution < 1.29 is 0 Å². The highest BCUT2D eigenvalue weighted by atomic mass is 15.2. The molecule has 23 rings (SSSR count). The van der Waals surface area contributed by atoms with Gasteiger partial charge in [0.25, 0.3) is 0 Å². The van der Waals surface area contributed by atoms with Crippen molar-refractivity contribution in [3.8, 4) is 122 Å². The summed E-state index contributed by atoms with van der Waals surface area (Å²) in [5.41, 5.74) is 42.3. The molecule has 19 aromatic rings. The predicted molar refractivity (Wildman–Crippen MR) is 473 cm³/mol. The van der Waals surface area contributed by atoms with E-state index in [0.717, 1.165) is 11.4 Å². The average molecular weight is 1400 g/mol. The molecule has 0 saturated heterocycles. The third-order valence-electron chi connectivity index (χ3n) is 24.4. The highest BCUT2D eigenvalue weighted by Crippen LogP contribution is 2.57. The van der Waals surface area contributed by atoms with E-state index in [1.165, 1.54) is 216 Å². The lowest BCUT2D eigenvalue weighted by Crippen LogP contribution is -2.60. The first-order valence-corrected chi connectivity index (χ1v) is 38.9. The molecule has 0 atom stereocenters. The summed E-state index contributed by atoms with van der Waals surface area (Å²) in [7, 11) is 0. The summed E-state index contributed by atoms with van der Waals surface area (Å²) in [5.74, 6) is 0. The fourth-order valence-corrected chi connectivity index (χ4v) is 19.8. The van der Waals surface area contributed by atoms with Crippen molar-refractivity contribution in [1.82, 2.24) is 0 Å². The van der Waals surface area contributed by atoms with Crippen LogP contribution in [0, 0.1) is 6.92 Å². The zero-order valence-electron chi connectivity index (χ0n) is 61.1. The monoisotopic (exact) mass is 1400 g/mol. The van der Waals surface area contributed by atoms with Gasteiger partial charge in [-0.15, -0.1) is 0 Å². The average Bonchev–Trinajstić information content (AvgIpc) is 0.661. The van der Waals surface area contributed by atoms with Crippen molar-refractivity contribution in [2.45, 2.75) is 6.92 Å². The molecule has 0 unspecified atom stereocenters. The number of fused-ring (bicyclic) bond motifs is 8. The van der Waals surface area contributed by atoms with Crippen LogP contribution >= 0.6 is 0 Å². The Morgan fingerprint density at radius 1 is 0.189 bits per heavy atom. The summed E-state index contributed by atoms with van der Waals surface area (Å²) in [6.07, 6.45) is 0. The molecule has 19 aromatic carbocycles. The molecule has 4 aliphatic heterocycles. The van der Waals surface area contributed by atoms with Crippen LogP contribution in [-0.4, -0.2) is 13.4 Å². The van der Waals surface area contributed by atoms with Crippen LogP contribution in [-0.2, 0) is 0 Å². The van der Waals surface area contributed by atoms with Crippen LogP contribution in [0.15, 0.2) is 394 Å². The molecule has 4 heterocycles. The second-order valence-electron chi connectivity index (χ2n) is 30.4. The molecule has 0 amide bonds. The lowest BCUT2D eigenvalue weighted by molar-refractivity contribution is 1.28. The van der Waals surface area contributed by atoms with Gasteiger partial charge in [-0.2, -0.15) is 0 Å². The Balaban J connectivity index is 0.962. The zero-order chi connectivity index (χ0) is 72.9. The van der Waals surface area contributed by atoms with Crippen molar-refractivity contribution in [3.05, 3.63) is 400 Å². The van der Waals surface area contributed by atoms with Crippen LogP contribution in [0.4, 0.5) is 34.1 Å². The molecule has 0 bridgehead atoms. The molecule has 4 heteroatoms. The van der Waals surface area contributed by atoms with E-state index in [1.807, 2.05) is 0 Å². The van der Waals surface area contributed by atoms with Gasteiger partial charge in [0.15, 0.2) is 0 Å². The van der Waals surface area contributed by atoms with Gasteiger partial charge >= 0.3 is 0 Å². The van der Waals surface area contributed by atoms with Gasteiger partial charge in [-0.1, -0.05) is 339 Å². The van der Waals surface area contributed by atoms with Crippen molar-refractivity contribution in [3.63, 3.8) is 0 Å². The lowest BCUT2D eigenvalue weighted by Gasteiger charge is -2.43. The fourth-order valence-electron chi connectivity index (χ4n) is 19.8. The number of hydrogen-bond acceptors (Lipinski definition) is 2. The summed E-state index contributed by atoms with van der Waals surface area (Å²) in [4.78, 5) is 5.18. The van der Waals surface area contributed by atoms with Crippen molar-refractivity contribution in [1.29, 1.82) is 0 Å². The molecule has 111 heavy (non-hydrogen) atoms. The highest BCUT2D eigenvalue weighted by Gasteiger charge is 2.47. The van der Waals surface area contributed by atoms with Crippen LogP contribution in [0.1, 0.15) is 5.56 Å². The summed E-state index contributed by atoms with van der Waals surface area (Å²) < 4.78 is 0. The van der Waals surface area contributed by atoms with Gasteiger partial charge in [0.2, 0.25) is 13.4 Å². The van der Waals surface area contributed by atoms with Gasteiger partial charge in [0.1, 0.15) is 0 Å². The van der Waals surface area contributed by atoms with Crippen LogP contribution in [0.2, 0.25) is 0 Å². The van der Waals surface area contributed by atoms with E-state index in [1.54, 1.807) is 0 Å². The summed E-state index contributed by atoms with van der Waals surface area (Å²) in [6, 6.07) is 150. The molecule has 0 aromatic heterocycles. The Morgan fingerprint density at radius 3 is 0.874 bits per heavy atom. The van der Waals surface area contributed by atoms with Crippen molar-refractivity contribution in [2.75, 3.05) is 9.80 Å². The third-order valence-corrected chi connectivity index (χ3v) is 24.4. The Bertz CT molecular complexity index is 6860. The van der Waals surface area contributed by atoms with Crippen LogP contribution in [0.25, 0.3) is 155 Å². The Morgan fingerprint density at radius 2 is 0.505 bits per heavy atom. The largest absolute Gasteiger partial charge is 0.311 e. The lowest BCUT2D eigenvalue weighted by atomic mass is 9.31. The normalized spacial score (nSPS) is 12.7. The maximum atomic E-state index is 2.73. The fraction of sp³-hybridized carbons (Fsp3) is 0.00935. The van der Waals surface area contributed by atoms with Gasteiger partial charge < -0.3 is 9.80 Å². The first kappa shape index (κ1) is 63.1. The molecule has 4 aliphatic rings. The number of para-hydroxylation sites is 2. The summed E-state index contributed by atoms with van der Waals surface area (Å²) >= 11 is 0. The summed E-state index contributed by atoms with van der Waals surface area (Å²) in [5, 5.41) is 7.67. The number of anilines is 6. The van der Waals surface area contributed by atoms with Gasteiger partial charge in [0.05, 0.1) is 0 Å². The smallest absolute Gasteiger partial charge is 0.248 e. The Labute approximate surface area is 647 Å². The minimum absolute atomic E-state index is 0.181. The molecule has 2 nitrogen and oxygen atoms in total. The molecular formula is C107H68B2N2. The minimum Gasteiger partial charge on any atom is -0.311 e. The topological polar surface area (TPSA) is 6.48 Å². The standard InChI is InChI=1S/C107H68B2N2/c1-67-57-90-86-63-84(100-80(71-37-17-5-18-38-71)49-29-50-81(100)72-39-19-6-20-40-72)88-66-95-103-87(91-59-77(70-35-15-4-16-36-70)62-99-107(91)109(95)93-56-54-76(69-33-13-3-14-34-69)61-97(93)111(99)79-47-27-10-28-48-79)64-85(101-82(73-41-21-7-22-42-73)51-30-52-83(101)74-43-23-8-24-44-74)89-65-94(102(86)104(88)105(89)103)108-92-55-53-75(68-31-11-2-12-32-68)60-96(92)110(98(58-67)106(90)108)78-45-25-9-26-46-78/h2-66H,1H3. The van der Waals surface area contributed by atoms with Gasteiger partial charge in [-0.3, -0.25) is 0 Å². The quantitative estimate of drug-likeness (QED) is 0.0941. The van der Waals surface area contributed by atoms with Crippen LogP contribution in [0.3, 0.4) is 0 Å². The van der Waals surface area contributed by atoms with E-state index in [4.69, 9.17) is 0 Å². The first-order chi connectivity index (χ1) is 55.0. The molecule has 0 radical (unpaired) electrons. The van der Waals surface area contributed by atoms with Crippen molar-refractivity contribution >= 4 is 113 Å². The predicted octanol–water partition coefficient (Wildman–Crippen LogP) is 24.5. The van der Waals surface area contributed by atoms with E-state index in [-0.39, 0.29) is 13.4 Å². The number of rotatable bonds is 11. The molecule has 0 spiro atoms. The van der Waals surface area contributed by atoms with E-state index >= 15 is 0 Å². The second kappa shape index (κ2) is 25.0. The SMILES string of the molecule is Cc1cc2c3c(c1)N(c1ccccc1)c1cc(-c4ccccc4)ccc1B3c1cc3c(-c4c(-c5ccccc5)cccc4-c4ccccc4)cc4c5c(cc6c(-c7c(-c8ccccc8)cccc7-c7ccccc7)cc-2c1c6c35)B1c2ccc(-c3ccccc3)cc2N(c2ccccc2)c2cc(-c3ccccc3)cc-4c21. The first-order valence-electron chi connectivity index (χ1n) is 38.9. The van der Waals surface area contributed by atoms with Crippen LogP contribution < -0.4 is 42.6 Å². The summed E-state index contributed by atoms with van der Waals surface area (Å²) in [6.45, 7) is 1.93. The minimum atomic E-state index is -0.210. The highest BCUT2D eigenvalue weighted by molar-refractivity contribution is 7.02. The number of hydrogen-bond donors (Lipinski definition) is 0. The van der Waals surface area contributed by atoms with E-state index < -0.39 is 0 Å². The molecule has 0 saturated carbocycles.